The van der Waals surface area contributed by atoms with E-state index in [0.29, 0.717) is 36.0 Å². The standard InChI is InChI=1S/C22H24FN5O2/c1-13(2)27-22(30)18-12-26-28-7-5-14(8-19(18)28)11-25-21(29)17-10-16(23)9-15-4-3-6-24-20(15)17/h3-4,6,9-10,12-14H,5,7-8,11H2,1-2H3,(H,25,29)(H,27,30). The largest absolute Gasteiger partial charge is 0.352 e. The molecule has 0 saturated carbocycles. The highest BCUT2D eigenvalue weighted by molar-refractivity contribution is 6.05. The third-order valence-electron chi connectivity index (χ3n) is 5.31. The summed E-state index contributed by atoms with van der Waals surface area (Å²) in [7, 11) is 0. The van der Waals surface area contributed by atoms with Gasteiger partial charge in [0, 0.05) is 30.7 Å². The summed E-state index contributed by atoms with van der Waals surface area (Å²) in [5.74, 6) is -0.789. The van der Waals surface area contributed by atoms with Crippen LogP contribution in [0.15, 0.2) is 36.7 Å². The van der Waals surface area contributed by atoms with Crippen LogP contribution in [0.5, 0.6) is 0 Å². The van der Waals surface area contributed by atoms with E-state index in [4.69, 9.17) is 0 Å². The highest BCUT2D eigenvalue weighted by atomic mass is 19.1. The van der Waals surface area contributed by atoms with E-state index < -0.39 is 5.82 Å². The minimum absolute atomic E-state index is 0.0430. The molecule has 3 aromatic rings. The fourth-order valence-corrected chi connectivity index (χ4v) is 3.86. The molecule has 0 fully saturated rings. The first-order valence-electron chi connectivity index (χ1n) is 10.1. The number of benzene rings is 1. The van der Waals surface area contributed by atoms with Crippen LogP contribution in [0.3, 0.4) is 0 Å². The Morgan fingerprint density at radius 3 is 2.90 bits per heavy atom. The maximum atomic E-state index is 13.9. The first-order chi connectivity index (χ1) is 14.4. The maximum absolute atomic E-state index is 13.9. The molecular formula is C22H24FN5O2. The summed E-state index contributed by atoms with van der Waals surface area (Å²) in [6, 6.07) is 6.07. The Balaban J connectivity index is 1.46. The first kappa shape index (κ1) is 20.0. The van der Waals surface area contributed by atoms with Gasteiger partial charge in [0.25, 0.3) is 11.8 Å². The van der Waals surface area contributed by atoms with Gasteiger partial charge in [-0.25, -0.2) is 4.39 Å². The number of aryl methyl sites for hydroxylation is 1. The predicted octanol–water partition coefficient (Wildman–Crippen LogP) is 2.70. The van der Waals surface area contributed by atoms with Crippen LogP contribution in [0.1, 0.15) is 46.7 Å². The number of fused-ring (bicyclic) bond motifs is 2. The molecule has 0 radical (unpaired) electrons. The molecule has 1 atom stereocenters. The molecule has 30 heavy (non-hydrogen) atoms. The van der Waals surface area contributed by atoms with Gasteiger partial charge in [-0.05, 0) is 50.8 Å². The molecule has 4 rings (SSSR count). The highest BCUT2D eigenvalue weighted by Gasteiger charge is 2.26. The van der Waals surface area contributed by atoms with E-state index in [1.807, 2.05) is 18.5 Å². The third-order valence-corrected chi connectivity index (χ3v) is 5.31. The molecule has 1 aromatic carbocycles. The lowest BCUT2D eigenvalue weighted by molar-refractivity contribution is 0.0930. The number of carbonyl (C=O) groups excluding carboxylic acids is 2. The van der Waals surface area contributed by atoms with Gasteiger partial charge in [-0.2, -0.15) is 5.10 Å². The number of aromatic nitrogens is 3. The minimum atomic E-state index is -0.469. The molecule has 156 valence electrons. The van der Waals surface area contributed by atoms with Gasteiger partial charge in [-0.1, -0.05) is 6.07 Å². The Labute approximate surface area is 173 Å². The van der Waals surface area contributed by atoms with E-state index >= 15 is 0 Å². The quantitative estimate of drug-likeness (QED) is 0.678. The number of amides is 2. The summed E-state index contributed by atoms with van der Waals surface area (Å²) in [6.07, 6.45) is 4.67. The van der Waals surface area contributed by atoms with Gasteiger partial charge < -0.3 is 10.6 Å². The van der Waals surface area contributed by atoms with Crippen LogP contribution in [0.4, 0.5) is 4.39 Å². The van der Waals surface area contributed by atoms with Crippen LogP contribution in [0.2, 0.25) is 0 Å². The third kappa shape index (κ3) is 4.03. The molecule has 1 aliphatic rings. The second-order valence-electron chi connectivity index (χ2n) is 7.95. The van der Waals surface area contributed by atoms with Crippen molar-refractivity contribution in [2.45, 2.75) is 39.3 Å². The van der Waals surface area contributed by atoms with Gasteiger partial charge in [0.1, 0.15) is 5.82 Å². The molecular weight excluding hydrogens is 385 g/mol. The van der Waals surface area contributed by atoms with E-state index in [2.05, 4.69) is 20.7 Å². The van der Waals surface area contributed by atoms with Gasteiger partial charge in [0.2, 0.25) is 0 Å². The molecule has 8 heteroatoms. The summed E-state index contributed by atoms with van der Waals surface area (Å²) in [4.78, 5) is 29.4. The van der Waals surface area contributed by atoms with Crippen LogP contribution in [-0.2, 0) is 13.0 Å². The number of rotatable bonds is 5. The van der Waals surface area contributed by atoms with Crippen molar-refractivity contribution >= 4 is 22.7 Å². The van der Waals surface area contributed by atoms with Crippen molar-refractivity contribution in [3.8, 4) is 0 Å². The molecule has 1 aliphatic heterocycles. The van der Waals surface area contributed by atoms with Crippen LogP contribution >= 0.6 is 0 Å². The minimum Gasteiger partial charge on any atom is -0.352 e. The Morgan fingerprint density at radius 1 is 1.27 bits per heavy atom. The lowest BCUT2D eigenvalue weighted by Crippen LogP contribution is -2.35. The number of halogens is 1. The predicted molar refractivity (Wildman–Crippen MR) is 111 cm³/mol. The normalized spacial score (nSPS) is 15.8. The van der Waals surface area contributed by atoms with Crippen molar-refractivity contribution in [3.05, 3.63) is 59.3 Å². The van der Waals surface area contributed by atoms with Crippen LogP contribution in [-0.4, -0.2) is 39.2 Å². The molecule has 2 amide bonds. The summed E-state index contributed by atoms with van der Waals surface area (Å²) in [5.41, 5.74) is 2.17. The Hall–Kier alpha value is -3.29. The fraction of sp³-hybridized carbons (Fsp3) is 0.364. The van der Waals surface area contributed by atoms with Crippen molar-refractivity contribution in [3.63, 3.8) is 0 Å². The average Bonchev–Trinajstić information content (AvgIpc) is 3.14. The number of nitrogens with one attached hydrogen (secondary N) is 2. The van der Waals surface area contributed by atoms with Gasteiger partial charge in [-0.15, -0.1) is 0 Å². The molecule has 0 bridgehead atoms. The topological polar surface area (TPSA) is 88.9 Å². The zero-order valence-corrected chi connectivity index (χ0v) is 17.0. The van der Waals surface area contributed by atoms with Gasteiger partial charge in [0.05, 0.1) is 28.5 Å². The lowest BCUT2D eigenvalue weighted by Gasteiger charge is -2.24. The number of hydrogen-bond acceptors (Lipinski definition) is 4. The van der Waals surface area contributed by atoms with Crippen LogP contribution < -0.4 is 10.6 Å². The Bertz CT molecular complexity index is 1110. The average molecular weight is 409 g/mol. The fourth-order valence-electron chi connectivity index (χ4n) is 3.86. The number of pyridine rings is 1. The smallest absolute Gasteiger partial charge is 0.254 e. The highest BCUT2D eigenvalue weighted by Crippen LogP contribution is 2.23. The molecule has 3 heterocycles. The second-order valence-corrected chi connectivity index (χ2v) is 7.95. The van der Waals surface area contributed by atoms with E-state index in [1.165, 1.54) is 12.1 Å². The molecule has 0 saturated heterocycles. The van der Waals surface area contributed by atoms with E-state index in [-0.39, 0.29) is 29.3 Å². The molecule has 2 aromatic heterocycles. The van der Waals surface area contributed by atoms with Crippen molar-refractivity contribution in [1.29, 1.82) is 0 Å². The molecule has 2 N–H and O–H groups in total. The van der Waals surface area contributed by atoms with Crippen LogP contribution in [0.25, 0.3) is 10.9 Å². The molecule has 0 aliphatic carbocycles. The van der Waals surface area contributed by atoms with Crippen LogP contribution in [0, 0.1) is 11.7 Å². The van der Waals surface area contributed by atoms with Gasteiger partial charge in [0.15, 0.2) is 0 Å². The summed E-state index contributed by atoms with van der Waals surface area (Å²) >= 11 is 0. The first-order valence-corrected chi connectivity index (χ1v) is 10.1. The van der Waals surface area contributed by atoms with Gasteiger partial charge in [-0.3, -0.25) is 19.3 Å². The van der Waals surface area contributed by atoms with Gasteiger partial charge >= 0.3 is 0 Å². The maximum Gasteiger partial charge on any atom is 0.254 e. The summed E-state index contributed by atoms with van der Waals surface area (Å²) in [6.45, 7) is 4.95. The number of carbonyl (C=O) groups is 2. The molecule has 0 spiro atoms. The van der Waals surface area contributed by atoms with E-state index in [9.17, 15) is 14.0 Å². The lowest BCUT2D eigenvalue weighted by atomic mass is 9.94. The zero-order chi connectivity index (χ0) is 21.3. The molecule has 7 nitrogen and oxygen atoms in total. The second kappa shape index (κ2) is 8.22. The number of nitrogens with zero attached hydrogens (tertiary/aromatic N) is 3. The number of hydrogen-bond donors (Lipinski definition) is 2. The summed E-state index contributed by atoms with van der Waals surface area (Å²) < 4.78 is 15.8. The summed E-state index contributed by atoms with van der Waals surface area (Å²) in [5, 5.41) is 10.7. The Morgan fingerprint density at radius 2 is 2.10 bits per heavy atom. The zero-order valence-electron chi connectivity index (χ0n) is 17.0. The Kier molecular flexibility index (Phi) is 5.48. The van der Waals surface area contributed by atoms with E-state index in [0.717, 1.165) is 12.1 Å². The van der Waals surface area contributed by atoms with Crippen molar-refractivity contribution < 1.29 is 14.0 Å². The van der Waals surface area contributed by atoms with E-state index in [1.54, 1.807) is 24.5 Å². The SMILES string of the molecule is CC(C)NC(=O)c1cnn2c1CC(CNC(=O)c1cc(F)cc3cccnc13)CC2. The molecule has 1 unspecified atom stereocenters. The monoisotopic (exact) mass is 409 g/mol. The van der Waals surface area contributed by atoms with Crippen molar-refractivity contribution in [2.75, 3.05) is 6.54 Å². The van der Waals surface area contributed by atoms with Crippen molar-refractivity contribution in [2.24, 2.45) is 5.92 Å². The van der Waals surface area contributed by atoms with Crippen molar-refractivity contribution in [1.82, 2.24) is 25.4 Å².